The molecule has 0 fully saturated rings. The van der Waals surface area contributed by atoms with Crippen LogP contribution in [0.4, 0.5) is 0 Å². The van der Waals surface area contributed by atoms with Gasteiger partial charge in [-0.1, -0.05) is 37.3 Å². The average Bonchev–Trinajstić information content (AvgIpc) is 2.73. The highest BCUT2D eigenvalue weighted by molar-refractivity contribution is 7.98. The Morgan fingerprint density at radius 1 is 1.39 bits per heavy atom. The minimum absolute atomic E-state index is 0.576. The third-order valence-corrected chi connectivity index (χ3v) is 3.95. The number of thioether (sulfide) groups is 1. The van der Waals surface area contributed by atoms with Crippen LogP contribution in [0.5, 0.6) is 0 Å². The van der Waals surface area contributed by atoms with Gasteiger partial charge in [-0.2, -0.15) is 16.9 Å². The SMILES string of the molecule is CSCC(C)Cn1c(-c2ccccc2)n[nH]c1=S. The van der Waals surface area contributed by atoms with Gasteiger partial charge in [0.15, 0.2) is 10.6 Å². The molecule has 18 heavy (non-hydrogen) atoms. The van der Waals surface area contributed by atoms with Crippen molar-refractivity contribution in [1.82, 2.24) is 14.8 Å². The molecule has 0 spiro atoms. The van der Waals surface area contributed by atoms with Gasteiger partial charge in [-0.3, -0.25) is 9.67 Å². The van der Waals surface area contributed by atoms with Crippen LogP contribution in [0.15, 0.2) is 30.3 Å². The molecule has 1 N–H and O–H groups in total. The molecule has 1 unspecified atom stereocenters. The second-order valence-corrected chi connectivity index (χ2v) is 5.69. The molecule has 0 saturated carbocycles. The first-order chi connectivity index (χ1) is 8.72. The highest BCUT2D eigenvalue weighted by Gasteiger charge is 2.11. The Bertz CT molecular complexity index is 545. The number of hydrogen-bond acceptors (Lipinski definition) is 3. The molecule has 0 saturated heterocycles. The van der Waals surface area contributed by atoms with E-state index in [2.05, 4.69) is 40.1 Å². The lowest BCUT2D eigenvalue weighted by molar-refractivity contribution is 0.529. The van der Waals surface area contributed by atoms with Crippen LogP contribution < -0.4 is 0 Å². The predicted molar refractivity (Wildman–Crippen MR) is 80.4 cm³/mol. The molecule has 0 bridgehead atoms. The van der Waals surface area contributed by atoms with E-state index in [4.69, 9.17) is 12.2 Å². The lowest BCUT2D eigenvalue weighted by Crippen LogP contribution is -2.11. The van der Waals surface area contributed by atoms with Crippen LogP contribution in [0, 0.1) is 10.7 Å². The Morgan fingerprint density at radius 3 is 2.78 bits per heavy atom. The first kappa shape index (κ1) is 13.4. The van der Waals surface area contributed by atoms with E-state index in [9.17, 15) is 0 Å². The second kappa shape index (κ2) is 6.20. The zero-order chi connectivity index (χ0) is 13.0. The van der Waals surface area contributed by atoms with E-state index < -0.39 is 0 Å². The lowest BCUT2D eigenvalue weighted by Gasteiger charge is -2.12. The highest BCUT2D eigenvalue weighted by atomic mass is 32.2. The molecular formula is C13H17N3S2. The van der Waals surface area contributed by atoms with Crippen LogP contribution in [0.2, 0.25) is 0 Å². The summed E-state index contributed by atoms with van der Waals surface area (Å²) in [5.74, 6) is 2.63. The zero-order valence-corrected chi connectivity index (χ0v) is 12.2. The summed E-state index contributed by atoms with van der Waals surface area (Å²) in [5, 5.41) is 7.23. The summed E-state index contributed by atoms with van der Waals surface area (Å²) in [7, 11) is 0. The van der Waals surface area contributed by atoms with Crippen LogP contribution >= 0.6 is 24.0 Å². The van der Waals surface area contributed by atoms with Gasteiger partial charge in [0.2, 0.25) is 0 Å². The molecule has 1 aromatic heterocycles. The van der Waals surface area contributed by atoms with Crippen molar-refractivity contribution in [2.75, 3.05) is 12.0 Å². The summed E-state index contributed by atoms with van der Waals surface area (Å²) < 4.78 is 2.78. The van der Waals surface area contributed by atoms with Crippen molar-refractivity contribution in [3.8, 4) is 11.4 Å². The summed E-state index contributed by atoms with van der Waals surface area (Å²) in [6.45, 7) is 3.14. The van der Waals surface area contributed by atoms with Gasteiger partial charge in [-0.15, -0.1) is 0 Å². The molecular weight excluding hydrogens is 262 g/mol. The Morgan fingerprint density at radius 2 is 2.11 bits per heavy atom. The number of benzene rings is 1. The number of H-pyrrole nitrogens is 1. The van der Waals surface area contributed by atoms with E-state index >= 15 is 0 Å². The van der Waals surface area contributed by atoms with E-state index in [0.29, 0.717) is 10.7 Å². The maximum atomic E-state index is 5.31. The number of rotatable bonds is 5. The van der Waals surface area contributed by atoms with Crippen LogP contribution in [-0.4, -0.2) is 26.8 Å². The van der Waals surface area contributed by atoms with Crippen molar-refractivity contribution in [2.24, 2.45) is 5.92 Å². The molecule has 96 valence electrons. The highest BCUT2D eigenvalue weighted by Crippen LogP contribution is 2.18. The molecule has 1 heterocycles. The fourth-order valence-corrected chi connectivity index (χ4v) is 2.82. The molecule has 3 nitrogen and oxygen atoms in total. The van der Waals surface area contributed by atoms with Crippen molar-refractivity contribution in [3.63, 3.8) is 0 Å². The van der Waals surface area contributed by atoms with Gasteiger partial charge >= 0.3 is 0 Å². The topological polar surface area (TPSA) is 33.6 Å². The summed E-state index contributed by atoms with van der Waals surface area (Å²) in [4.78, 5) is 0. The van der Waals surface area contributed by atoms with E-state index in [1.54, 1.807) is 0 Å². The minimum Gasteiger partial charge on any atom is -0.300 e. The van der Waals surface area contributed by atoms with Gasteiger partial charge in [-0.05, 0) is 30.1 Å². The van der Waals surface area contributed by atoms with Gasteiger partial charge in [0, 0.05) is 12.1 Å². The number of aromatic amines is 1. The molecule has 0 aliphatic rings. The lowest BCUT2D eigenvalue weighted by atomic mass is 10.2. The van der Waals surface area contributed by atoms with Crippen molar-refractivity contribution in [3.05, 3.63) is 35.1 Å². The molecule has 0 amide bonds. The van der Waals surface area contributed by atoms with E-state index in [-0.39, 0.29) is 0 Å². The van der Waals surface area contributed by atoms with Crippen LogP contribution in [0.3, 0.4) is 0 Å². The maximum absolute atomic E-state index is 5.31. The minimum atomic E-state index is 0.576. The molecule has 0 aliphatic heterocycles. The molecule has 5 heteroatoms. The number of hydrogen-bond donors (Lipinski definition) is 1. The van der Waals surface area contributed by atoms with Crippen molar-refractivity contribution < 1.29 is 0 Å². The first-order valence-electron chi connectivity index (χ1n) is 5.92. The van der Waals surface area contributed by atoms with Crippen LogP contribution in [0.25, 0.3) is 11.4 Å². The maximum Gasteiger partial charge on any atom is 0.195 e. The monoisotopic (exact) mass is 279 g/mol. The molecule has 1 atom stereocenters. The largest absolute Gasteiger partial charge is 0.300 e. The van der Waals surface area contributed by atoms with Crippen molar-refractivity contribution >= 4 is 24.0 Å². The van der Waals surface area contributed by atoms with E-state index in [0.717, 1.165) is 23.7 Å². The van der Waals surface area contributed by atoms with Gasteiger partial charge < -0.3 is 0 Å². The normalized spacial score (nSPS) is 12.6. The van der Waals surface area contributed by atoms with Gasteiger partial charge in [0.1, 0.15) is 0 Å². The van der Waals surface area contributed by atoms with Crippen molar-refractivity contribution in [1.29, 1.82) is 0 Å². The molecule has 1 aromatic carbocycles. The number of nitrogens with one attached hydrogen (secondary N) is 1. The standard InChI is InChI=1S/C13H17N3S2/c1-10(9-18-2)8-16-12(14-15-13(16)17)11-6-4-3-5-7-11/h3-7,10H,8-9H2,1-2H3,(H,15,17). The quantitative estimate of drug-likeness (QED) is 0.849. The summed E-state index contributed by atoms with van der Waals surface area (Å²) in [5.41, 5.74) is 1.10. The molecule has 2 rings (SSSR count). The van der Waals surface area contributed by atoms with Crippen LogP contribution in [0.1, 0.15) is 6.92 Å². The molecule has 0 radical (unpaired) electrons. The fourth-order valence-electron chi connectivity index (χ4n) is 1.94. The first-order valence-corrected chi connectivity index (χ1v) is 7.72. The zero-order valence-electron chi connectivity index (χ0n) is 10.6. The summed E-state index contributed by atoms with van der Waals surface area (Å²) >= 11 is 7.17. The smallest absolute Gasteiger partial charge is 0.195 e. The Kier molecular flexibility index (Phi) is 4.60. The predicted octanol–water partition coefficient (Wildman–Crippen LogP) is 3.61. The summed E-state index contributed by atoms with van der Waals surface area (Å²) in [6, 6.07) is 10.2. The second-order valence-electron chi connectivity index (χ2n) is 4.39. The molecule has 2 aromatic rings. The number of nitrogens with zero attached hydrogens (tertiary/aromatic N) is 2. The Balaban J connectivity index is 2.31. The van der Waals surface area contributed by atoms with Gasteiger partial charge in [0.05, 0.1) is 0 Å². The average molecular weight is 279 g/mol. The van der Waals surface area contributed by atoms with Crippen molar-refractivity contribution in [2.45, 2.75) is 13.5 Å². The molecule has 0 aliphatic carbocycles. The third-order valence-electron chi connectivity index (χ3n) is 2.74. The third kappa shape index (κ3) is 3.03. The van der Waals surface area contributed by atoms with Crippen LogP contribution in [-0.2, 0) is 6.54 Å². The number of aromatic nitrogens is 3. The van der Waals surface area contributed by atoms with Gasteiger partial charge in [-0.25, -0.2) is 0 Å². The summed E-state index contributed by atoms with van der Waals surface area (Å²) in [6.07, 6.45) is 2.13. The van der Waals surface area contributed by atoms with Gasteiger partial charge in [0.25, 0.3) is 0 Å². The fraction of sp³-hybridized carbons (Fsp3) is 0.385. The van der Waals surface area contributed by atoms with E-state index in [1.807, 2.05) is 30.0 Å². The Hall–Kier alpha value is -1.07. The van der Waals surface area contributed by atoms with E-state index in [1.165, 1.54) is 0 Å². The Labute approximate surface area is 117 Å².